The van der Waals surface area contributed by atoms with E-state index in [4.69, 9.17) is 20.9 Å². The lowest BCUT2D eigenvalue weighted by atomic mass is 9.94. The number of anilines is 1. The lowest BCUT2D eigenvalue weighted by Gasteiger charge is -2.15. The summed E-state index contributed by atoms with van der Waals surface area (Å²) in [7, 11) is 0. The van der Waals surface area contributed by atoms with Gasteiger partial charge in [0.25, 0.3) is 5.91 Å². The number of benzene rings is 2. The van der Waals surface area contributed by atoms with Crippen LogP contribution in [-0.2, 0) is 14.4 Å². The smallest absolute Gasteiger partial charge is 0.278 e. The zero-order chi connectivity index (χ0) is 19.4. The Morgan fingerprint density at radius 1 is 0.964 bits per heavy atom. The summed E-state index contributed by atoms with van der Waals surface area (Å²) in [6.45, 7) is 0. The minimum Gasteiger partial charge on any atom is -0.463 e. The molecule has 0 radical (unpaired) electrons. The lowest BCUT2D eigenvalue weighted by molar-refractivity contribution is -0.126. The standard InChI is InChI=1S/C20H11ClN2O5/c21-10-5-7-11(8-6-10)23-19(25)15-16(22-28-18(15)20(23)26)13-9-27-14-4-2-1-3-12(14)17(13)24/h1-9,15,18H. The molecule has 0 aliphatic carbocycles. The fourth-order valence-electron chi connectivity index (χ4n) is 3.50. The molecule has 0 spiro atoms. The molecule has 0 bridgehead atoms. The molecule has 5 rings (SSSR count). The number of hydrogen-bond donors (Lipinski definition) is 0. The largest absolute Gasteiger partial charge is 0.463 e. The van der Waals surface area contributed by atoms with Gasteiger partial charge in [-0.25, -0.2) is 4.90 Å². The summed E-state index contributed by atoms with van der Waals surface area (Å²) in [5, 5.41) is 4.71. The first-order chi connectivity index (χ1) is 13.6. The van der Waals surface area contributed by atoms with Gasteiger partial charge in [-0.3, -0.25) is 14.4 Å². The summed E-state index contributed by atoms with van der Waals surface area (Å²) in [4.78, 5) is 44.9. The number of amides is 2. The van der Waals surface area contributed by atoms with Crippen LogP contribution in [0.25, 0.3) is 11.0 Å². The van der Waals surface area contributed by atoms with Crippen molar-refractivity contribution in [1.82, 2.24) is 0 Å². The van der Waals surface area contributed by atoms with E-state index in [9.17, 15) is 14.4 Å². The van der Waals surface area contributed by atoms with Crippen LogP contribution in [-0.4, -0.2) is 23.6 Å². The Balaban J connectivity index is 1.57. The number of rotatable bonds is 2. The third-order valence-electron chi connectivity index (χ3n) is 4.85. The second-order valence-corrected chi connectivity index (χ2v) is 6.88. The van der Waals surface area contributed by atoms with Crippen molar-refractivity contribution in [3.63, 3.8) is 0 Å². The molecule has 2 atom stereocenters. The fraction of sp³-hybridized carbons (Fsp3) is 0.100. The van der Waals surface area contributed by atoms with Crippen LogP contribution in [0.15, 0.2) is 69.2 Å². The molecule has 1 saturated heterocycles. The summed E-state index contributed by atoms with van der Waals surface area (Å²) in [5.41, 5.74) is 0.658. The molecule has 0 saturated carbocycles. The highest BCUT2D eigenvalue weighted by atomic mass is 35.5. The van der Waals surface area contributed by atoms with Gasteiger partial charge >= 0.3 is 0 Å². The highest BCUT2D eigenvalue weighted by Gasteiger charge is 2.56. The topological polar surface area (TPSA) is 89.2 Å². The molecule has 7 nitrogen and oxygen atoms in total. The van der Waals surface area contributed by atoms with Gasteiger partial charge in [-0.2, -0.15) is 0 Å². The lowest BCUT2D eigenvalue weighted by Crippen LogP contribution is -2.33. The minimum atomic E-state index is -1.11. The Kier molecular flexibility index (Phi) is 3.60. The van der Waals surface area contributed by atoms with Gasteiger partial charge in [0.05, 0.1) is 16.6 Å². The van der Waals surface area contributed by atoms with E-state index in [2.05, 4.69) is 5.16 Å². The van der Waals surface area contributed by atoms with Gasteiger partial charge in [0.1, 0.15) is 23.5 Å². The maximum absolute atomic E-state index is 13.0. The molecule has 2 unspecified atom stereocenters. The van der Waals surface area contributed by atoms with Crippen LogP contribution in [0.3, 0.4) is 0 Å². The zero-order valence-corrected chi connectivity index (χ0v) is 14.9. The van der Waals surface area contributed by atoms with Gasteiger partial charge in [0.15, 0.2) is 0 Å². The average molecular weight is 395 g/mol. The first-order valence-corrected chi connectivity index (χ1v) is 8.82. The summed E-state index contributed by atoms with van der Waals surface area (Å²) < 4.78 is 5.51. The van der Waals surface area contributed by atoms with Gasteiger partial charge in [-0.15, -0.1) is 0 Å². The molecular formula is C20H11ClN2O5. The summed E-state index contributed by atoms with van der Waals surface area (Å²) >= 11 is 5.88. The van der Waals surface area contributed by atoms with E-state index in [0.717, 1.165) is 4.90 Å². The first kappa shape index (κ1) is 16.7. The third kappa shape index (κ3) is 2.30. The number of nitrogens with zero attached hydrogens (tertiary/aromatic N) is 2. The van der Waals surface area contributed by atoms with E-state index in [0.29, 0.717) is 21.7 Å². The highest BCUT2D eigenvalue weighted by Crippen LogP contribution is 2.35. The van der Waals surface area contributed by atoms with Gasteiger partial charge in [0.2, 0.25) is 17.4 Å². The van der Waals surface area contributed by atoms with Crippen molar-refractivity contribution in [2.24, 2.45) is 11.1 Å². The molecule has 3 aromatic rings. The minimum absolute atomic E-state index is 0.0966. The van der Waals surface area contributed by atoms with Gasteiger partial charge in [-0.05, 0) is 36.4 Å². The maximum atomic E-state index is 13.0. The molecule has 1 fully saturated rings. The SMILES string of the molecule is O=C1C2ON=C(c3coc4ccccc4c3=O)C2C(=O)N1c1ccc(Cl)cc1. The highest BCUT2D eigenvalue weighted by molar-refractivity contribution is 6.33. The van der Waals surface area contributed by atoms with Crippen LogP contribution in [0, 0.1) is 5.92 Å². The number of fused-ring (bicyclic) bond motifs is 2. The summed E-state index contributed by atoms with van der Waals surface area (Å²) in [5.74, 6) is -2.06. The number of carbonyl (C=O) groups is 2. The molecule has 8 heteroatoms. The van der Waals surface area contributed by atoms with Crippen LogP contribution >= 0.6 is 11.6 Å². The van der Waals surface area contributed by atoms with Crippen molar-refractivity contribution < 1.29 is 18.8 Å². The van der Waals surface area contributed by atoms with Crippen LogP contribution in [0.4, 0.5) is 5.69 Å². The number of halogens is 1. The zero-order valence-electron chi connectivity index (χ0n) is 14.2. The molecule has 138 valence electrons. The van der Waals surface area contributed by atoms with E-state index in [-0.39, 0.29) is 16.7 Å². The van der Waals surface area contributed by atoms with Gasteiger partial charge in [0, 0.05) is 5.02 Å². The molecule has 2 amide bonds. The van der Waals surface area contributed by atoms with E-state index >= 15 is 0 Å². The number of para-hydroxylation sites is 1. The normalized spacial score (nSPS) is 21.0. The van der Waals surface area contributed by atoms with Crippen molar-refractivity contribution >= 4 is 45.8 Å². The molecule has 3 heterocycles. The Morgan fingerprint density at radius 3 is 2.50 bits per heavy atom. The second kappa shape index (κ2) is 6.03. The molecule has 1 aromatic heterocycles. The first-order valence-electron chi connectivity index (χ1n) is 8.44. The Morgan fingerprint density at radius 2 is 1.71 bits per heavy atom. The van der Waals surface area contributed by atoms with E-state index in [1.165, 1.54) is 6.26 Å². The Bertz CT molecular complexity index is 1230. The van der Waals surface area contributed by atoms with Crippen LogP contribution in [0.5, 0.6) is 0 Å². The van der Waals surface area contributed by atoms with Crippen LogP contribution in [0.1, 0.15) is 5.56 Å². The number of carbonyl (C=O) groups excluding carboxylic acids is 2. The Hall–Kier alpha value is -3.45. The van der Waals surface area contributed by atoms with E-state index < -0.39 is 23.8 Å². The number of hydrogen-bond acceptors (Lipinski definition) is 6. The summed E-state index contributed by atoms with van der Waals surface area (Å²) in [6, 6.07) is 13.1. The van der Waals surface area contributed by atoms with Crippen molar-refractivity contribution in [2.75, 3.05) is 4.90 Å². The van der Waals surface area contributed by atoms with Gasteiger partial charge < -0.3 is 9.25 Å². The molecule has 2 aliphatic rings. The quantitative estimate of drug-likeness (QED) is 0.623. The maximum Gasteiger partial charge on any atom is 0.278 e. The molecular weight excluding hydrogens is 384 g/mol. The Labute approximate surface area is 162 Å². The molecule has 28 heavy (non-hydrogen) atoms. The van der Waals surface area contributed by atoms with E-state index in [1.807, 2.05) is 0 Å². The molecule has 2 aromatic carbocycles. The van der Waals surface area contributed by atoms with Gasteiger partial charge in [-0.1, -0.05) is 28.9 Å². The van der Waals surface area contributed by atoms with Crippen molar-refractivity contribution in [3.05, 3.63) is 75.6 Å². The number of imide groups is 1. The predicted octanol–water partition coefficient (Wildman–Crippen LogP) is 2.74. The molecule has 2 aliphatic heterocycles. The average Bonchev–Trinajstić information content (AvgIpc) is 3.24. The van der Waals surface area contributed by atoms with Crippen molar-refractivity contribution in [1.29, 1.82) is 0 Å². The van der Waals surface area contributed by atoms with Crippen LogP contribution in [0.2, 0.25) is 5.02 Å². The van der Waals surface area contributed by atoms with E-state index in [1.54, 1.807) is 48.5 Å². The molecule has 0 N–H and O–H groups in total. The predicted molar refractivity (Wildman–Crippen MR) is 101 cm³/mol. The van der Waals surface area contributed by atoms with Crippen molar-refractivity contribution in [2.45, 2.75) is 6.10 Å². The fourth-order valence-corrected chi connectivity index (χ4v) is 3.63. The second-order valence-electron chi connectivity index (χ2n) is 6.44. The van der Waals surface area contributed by atoms with Crippen molar-refractivity contribution in [3.8, 4) is 0 Å². The van der Waals surface area contributed by atoms with Crippen LogP contribution < -0.4 is 10.3 Å². The number of oxime groups is 1. The monoisotopic (exact) mass is 394 g/mol. The summed E-state index contributed by atoms with van der Waals surface area (Å²) in [6.07, 6.45) is 0.141. The third-order valence-corrected chi connectivity index (χ3v) is 5.10.